The van der Waals surface area contributed by atoms with Crippen molar-refractivity contribution in [3.63, 3.8) is 0 Å². The predicted molar refractivity (Wildman–Crippen MR) is 76.3 cm³/mol. The maximum Gasteiger partial charge on any atom is 0.0141 e. The van der Waals surface area contributed by atoms with E-state index in [1.165, 1.54) is 51.5 Å². The quantitative estimate of drug-likeness (QED) is 0.706. The number of rotatable bonds is 6. The molecule has 3 unspecified atom stereocenters. The van der Waals surface area contributed by atoms with Crippen LogP contribution in [-0.4, -0.2) is 24.1 Å². The average Bonchev–Trinajstić information content (AvgIpc) is 2.52. The minimum absolute atomic E-state index is 0.759. The van der Waals surface area contributed by atoms with Gasteiger partial charge in [-0.25, -0.2) is 0 Å². The monoisotopic (exact) mass is 243 g/mol. The highest BCUT2D eigenvalue weighted by atomic mass is 32.2. The van der Waals surface area contributed by atoms with E-state index < -0.39 is 0 Å². The summed E-state index contributed by atoms with van der Waals surface area (Å²) >= 11 is 1.96. The van der Waals surface area contributed by atoms with Crippen molar-refractivity contribution in [1.82, 2.24) is 5.32 Å². The van der Waals surface area contributed by atoms with E-state index in [9.17, 15) is 0 Å². The number of thioether (sulfide) groups is 1. The third-order valence-electron chi connectivity index (χ3n) is 3.88. The Balaban J connectivity index is 2.19. The SMILES string of the molecule is CCCC1CCCC(NCC(C)SC)CC1. The molecule has 1 saturated carbocycles. The lowest BCUT2D eigenvalue weighted by Gasteiger charge is -2.19. The van der Waals surface area contributed by atoms with Gasteiger partial charge in [0.2, 0.25) is 0 Å². The first-order valence-corrected chi connectivity index (χ1v) is 8.31. The fraction of sp³-hybridized carbons (Fsp3) is 1.00. The second kappa shape index (κ2) is 8.41. The molecule has 0 aliphatic heterocycles. The summed E-state index contributed by atoms with van der Waals surface area (Å²) in [4.78, 5) is 0. The molecule has 0 aromatic rings. The second-order valence-corrected chi connectivity index (χ2v) is 6.59. The van der Waals surface area contributed by atoms with Crippen LogP contribution in [0.4, 0.5) is 0 Å². The van der Waals surface area contributed by atoms with Gasteiger partial charge in [-0.1, -0.05) is 39.5 Å². The van der Waals surface area contributed by atoms with E-state index in [2.05, 4.69) is 25.4 Å². The van der Waals surface area contributed by atoms with Crippen LogP contribution in [0.15, 0.2) is 0 Å². The average molecular weight is 243 g/mol. The lowest BCUT2D eigenvalue weighted by atomic mass is 9.95. The first-order valence-electron chi connectivity index (χ1n) is 7.02. The molecule has 0 aromatic carbocycles. The van der Waals surface area contributed by atoms with Gasteiger partial charge in [-0.3, -0.25) is 0 Å². The number of hydrogen-bond donors (Lipinski definition) is 1. The van der Waals surface area contributed by atoms with Crippen molar-refractivity contribution in [2.45, 2.75) is 70.1 Å². The molecule has 2 heteroatoms. The molecule has 0 amide bonds. The fourth-order valence-electron chi connectivity index (χ4n) is 2.70. The third-order valence-corrected chi connectivity index (χ3v) is 4.85. The maximum atomic E-state index is 3.75. The Kier molecular flexibility index (Phi) is 7.55. The zero-order chi connectivity index (χ0) is 11.8. The fourth-order valence-corrected chi connectivity index (χ4v) is 2.96. The molecule has 0 bridgehead atoms. The van der Waals surface area contributed by atoms with Crippen molar-refractivity contribution >= 4 is 11.8 Å². The van der Waals surface area contributed by atoms with E-state index in [0.717, 1.165) is 17.2 Å². The standard InChI is InChI=1S/C14H29NS/c1-4-6-13-7-5-8-14(10-9-13)15-11-12(2)16-3/h12-15H,4-11H2,1-3H3. The first-order chi connectivity index (χ1) is 7.76. The number of hydrogen-bond acceptors (Lipinski definition) is 2. The van der Waals surface area contributed by atoms with E-state index in [4.69, 9.17) is 0 Å². The molecular weight excluding hydrogens is 214 g/mol. The third kappa shape index (κ3) is 5.58. The highest BCUT2D eigenvalue weighted by Gasteiger charge is 2.18. The van der Waals surface area contributed by atoms with Gasteiger partial charge in [0, 0.05) is 17.8 Å². The van der Waals surface area contributed by atoms with Crippen LogP contribution in [0.2, 0.25) is 0 Å². The summed E-state index contributed by atoms with van der Waals surface area (Å²) in [7, 11) is 0. The van der Waals surface area contributed by atoms with E-state index in [-0.39, 0.29) is 0 Å². The molecule has 0 aromatic heterocycles. The molecule has 1 rings (SSSR count). The van der Waals surface area contributed by atoms with Gasteiger partial charge < -0.3 is 5.32 Å². The van der Waals surface area contributed by atoms with Crippen molar-refractivity contribution in [2.75, 3.05) is 12.8 Å². The Morgan fingerprint density at radius 3 is 2.75 bits per heavy atom. The summed E-state index contributed by atoms with van der Waals surface area (Å²) in [5, 5.41) is 4.51. The maximum absolute atomic E-state index is 3.75. The van der Waals surface area contributed by atoms with Gasteiger partial charge in [-0.05, 0) is 31.4 Å². The molecule has 3 atom stereocenters. The normalized spacial score (nSPS) is 28.7. The van der Waals surface area contributed by atoms with E-state index in [0.29, 0.717) is 0 Å². The van der Waals surface area contributed by atoms with Crippen LogP contribution in [0.1, 0.15) is 58.8 Å². The van der Waals surface area contributed by atoms with Crippen molar-refractivity contribution in [1.29, 1.82) is 0 Å². The highest BCUT2D eigenvalue weighted by molar-refractivity contribution is 7.99. The van der Waals surface area contributed by atoms with Gasteiger partial charge in [-0.2, -0.15) is 11.8 Å². The minimum Gasteiger partial charge on any atom is -0.313 e. The van der Waals surface area contributed by atoms with Crippen LogP contribution in [0, 0.1) is 5.92 Å². The molecule has 1 aliphatic rings. The molecule has 1 N–H and O–H groups in total. The van der Waals surface area contributed by atoms with Gasteiger partial charge in [0.15, 0.2) is 0 Å². The van der Waals surface area contributed by atoms with E-state index in [1.807, 2.05) is 11.8 Å². The minimum atomic E-state index is 0.759. The zero-order valence-electron chi connectivity index (χ0n) is 11.3. The Morgan fingerprint density at radius 1 is 1.25 bits per heavy atom. The van der Waals surface area contributed by atoms with Gasteiger partial charge >= 0.3 is 0 Å². The summed E-state index contributed by atoms with van der Waals surface area (Å²) in [5.41, 5.74) is 0. The lowest BCUT2D eigenvalue weighted by molar-refractivity contribution is 0.411. The molecule has 0 saturated heterocycles. The first kappa shape index (κ1) is 14.4. The van der Waals surface area contributed by atoms with Crippen molar-refractivity contribution in [2.24, 2.45) is 5.92 Å². The van der Waals surface area contributed by atoms with Crippen molar-refractivity contribution in [3.05, 3.63) is 0 Å². The lowest BCUT2D eigenvalue weighted by Crippen LogP contribution is -2.33. The molecule has 1 aliphatic carbocycles. The summed E-state index contributed by atoms with van der Waals surface area (Å²) in [6.07, 6.45) is 12.2. The summed E-state index contributed by atoms with van der Waals surface area (Å²) in [6, 6.07) is 0.802. The predicted octanol–water partition coefficient (Wildman–Crippen LogP) is 4.08. The van der Waals surface area contributed by atoms with Crippen LogP contribution in [0.5, 0.6) is 0 Å². The van der Waals surface area contributed by atoms with Crippen molar-refractivity contribution in [3.8, 4) is 0 Å². The molecule has 0 spiro atoms. The van der Waals surface area contributed by atoms with Crippen LogP contribution in [0.3, 0.4) is 0 Å². The second-order valence-electron chi connectivity index (χ2n) is 5.31. The van der Waals surface area contributed by atoms with Crippen LogP contribution in [0.25, 0.3) is 0 Å². The van der Waals surface area contributed by atoms with Gasteiger partial charge in [0.1, 0.15) is 0 Å². The number of nitrogens with one attached hydrogen (secondary N) is 1. The Labute approximate surface area is 106 Å². The molecule has 1 fully saturated rings. The van der Waals surface area contributed by atoms with Crippen LogP contribution >= 0.6 is 11.8 Å². The van der Waals surface area contributed by atoms with Gasteiger partial charge in [-0.15, -0.1) is 0 Å². The molecular formula is C14H29NS. The van der Waals surface area contributed by atoms with E-state index in [1.54, 1.807) is 0 Å². The highest BCUT2D eigenvalue weighted by Crippen LogP contribution is 2.26. The molecule has 0 radical (unpaired) electrons. The molecule has 1 nitrogen and oxygen atoms in total. The topological polar surface area (TPSA) is 12.0 Å². The zero-order valence-corrected chi connectivity index (χ0v) is 12.1. The Morgan fingerprint density at radius 2 is 2.06 bits per heavy atom. The van der Waals surface area contributed by atoms with Gasteiger partial charge in [0.05, 0.1) is 0 Å². The molecule has 96 valence electrons. The van der Waals surface area contributed by atoms with Crippen LogP contribution < -0.4 is 5.32 Å². The summed E-state index contributed by atoms with van der Waals surface area (Å²) in [5.74, 6) is 1.02. The largest absolute Gasteiger partial charge is 0.313 e. The van der Waals surface area contributed by atoms with Gasteiger partial charge in [0.25, 0.3) is 0 Å². The Hall–Kier alpha value is 0.310. The summed E-state index contributed by atoms with van der Waals surface area (Å²) in [6.45, 7) is 5.82. The molecule has 16 heavy (non-hydrogen) atoms. The smallest absolute Gasteiger partial charge is 0.0141 e. The van der Waals surface area contributed by atoms with Crippen LogP contribution in [-0.2, 0) is 0 Å². The molecule has 0 heterocycles. The van der Waals surface area contributed by atoms with E-state index >= 15 is 0 Å². The van der Waals surface area contributed by atoms with Crippen molar-refractivity contribution < 1.29 is 0 Å². The Bertz CT molecular complexity index is 172. The summed E-state index contributed by atoms with van der Waals surface area (Å²) < 4.78 is 0.